The van der Waals surface area contributed by atoms with E-state index in [4.69, 9.17) is 21.1 Å². The number of hydrogen-bond donors (Lipinski definition) is 0. The van der Waals surface area contributed by atoms with Gasteiger partial charge in [-0.1, -0.05) is 57.9 Å². The van der Waals surface area contributed by atoms with Crippen molar-refractivity contribution in [2.45, 2.75) is 37.4 Å². The first-order chi connectivity index (χ1) is 16.7. The molecule has 0 saturated heterocycles. The Balaban J connectivity index is 1.71. The third-order valence-electron chi connectivity index (χ3n) is 5.69. The first-order valence-corrected chi connectivity index (χ1v) is 13.4. The zero-order chi connectivity index (χ0) is 25.2. The number of hydrogen-bond acceptors (Lipinski definition) is 5. The lowest BCUT2D eigenvalue weighted by molar-refractivity contribution is -0.150. The predicted molar refractivity (Wildman–Crippen MR) is 133 cm³/mol. The van der Waals surface area contributed by atoms with E-state index in [0.29, 0.717) is 4.47 Å². The van der Waals surface area contributed by atoms with E-state index >= 15 is 0 Å². The number of carbonyl (C=O) groups excluding carboxylic acids is 1. The molecule has 0 N–H and O–H groups in total. The number of ether oxygens (including phenoxy) is 2. The van der Waals surface area contributed by atoms with Crippen LogP contribution in [0.4, 0.5) is 4.39 Å². The molecule has 3 aromatic carbocycles. The monoisotopic (exact) mass is 581 g/mol. The summed E-state index contributed by atoms with van der Waals surface area (Å²) in [5, 5.41) is 0.117. The second-order valence-corrected chi connectivity index (χ2v) is 11.1. The second-order valence-electron chi connectivity index (χ2n) is 7.87. The van der Waals surface area contributed by atoms with Gasteiger partial charge in [0.1, 0.15) is 29.1 Å². The molecular formula is C25H22BrClFNO5S. The van der Waals surface area contributed by atoms with E-state index in [2.05, 4.69) is 15.9 Å². The molecule has 1 aliphatic rings. The number of fused-ring (bicyclic) bond motifs is 1. The lowest BCUT2D eigenvalue weighted by Crippen LogP contribution is -2.49. The molecule has 10 heteroatoms. The molecule has 0 aliphatic carbocycles. The Bertz CT molecular complexity index is 1350. The van der Waals surface area contributed by atoms with E-state index in [0.717, 1.165) is 15.4 Å². The average Bonchev–Trinajstić information content (AvgIpc) is 2.84. The zero-order valence-electron chi connectivity index (χ0n) is 18.7. The summed E-state index contributed by atoms with van der Waals surface area (Å²) in [5.41, 5.74) is 1.65. The van der Waals surface area contributed by atoms with Gasteiger partial charge in [0, 0.05) is 23.0 Å². The van der Waals surface area contributed by atoms with Gasteiger partial charge >= 0.3 is 5.97 Å². The fourth-order valence-electron chi connectivity index (χ4n) is 3.95. The summed E-state index contributed by atoms with van der Waals surface area (Å²) in [6.07, 6.45) is 0.108. The molecule has 184 valence electrons. The number of carbonyl (C=O) groups is 1. The first kappa shape index (κ1) is 25.6. The Morgan fingerprint density at radius 2 is 1.89 bits per heavy atom. The van der Waals surface area contributed by atoms with Crippen molar-refractivity contribution in [1.29, 1.82) is 0 Å². The molecule has 4 rings (SSSR count). The van der Waals surface area contributed by atoms with Gasteiger partial charge in [-0.15, -0.1) is 0 Å². The minimum Gasteiger partial charge on any atom is -0.492 e. The van der Waals surface area contributed by atoms with E-state index in [1.54, 1.807) is 19.1 Å². The van der Waals surface area contributed by atoms with Crippen molar-refractivity contribution < 1.29 is 27.1 Å². The van der Waals surface area contributed by atoms with Gasteiger partial charge in [0.15, 0.2) is 0 Å². The van der Waals surface area contributed by atoms with Crippen molar-refractivity contribution in [3.05, 3.63) is 92.7 Å². The maximum Gasteiger partial charge on any atom is 0.325 e. The standard InChI is InChI=1S/C25H22BrClFNO5S/c1-2-33-23-11-10-18(26)13-24(23)35(31,32)29-14-17-7-4-3-6-16(17)12-22(29)25(30)34-15-19-20(27)8-5-9-21(19)28/h3-11,13,22H,2,12,14-15H2,1H3/t22-/m0/s1. The minimum absolute atomic E-state index is 0.0266. The maximum atomic E-state index is 14.2. The van der Waals surface area contributed by atoms with E-state index in [9.17, 15) is 17.6 Å². The van der Waals surface area contributed by atoms with Crippen molar-refractivity contribution >= 4 is 43.5 Å². The van der Waals surface area contributed by atoms with Crippen LogP contribution in [0, 0.1) is 5.82 Å². The molecule has 0 bridgehead atoms. The van der Waals surface area contributed by atoms with Crippen LogP contribution in [0.2, 0.25) is 5.02 Å². The zero-order valence-corrected chi connectivity index (χ0v) is 21.9. The number of nitrogens with zero attached hydrogens (tertiary/aromatic N) is 1. The molecule has 0 unspecified atom stereocenters. The molecule has 0 saturated carbocycles. The summed E-state index contributed by atoms with van der Waals surface area (Å²) in [4.78, 5) is 13.2. The summed E-state index contributed by atoms with van der Waals surface area (Å²) in [5.74, 6) is -1.23. The number of esters is 1. The highest BCUT2D eigenvalue weighted by Crippen LogP contribution is 2.35. The predicted octanol–water partition coefficient (Wildman–Crippen LogP) is 5.50. The summed E-state index contributed by atoms with van der Waals surface area (Å²) < 4.78 is 54.6. The Morgan fingerprint density at radius 3 is 2.60 bits per heavy atom. The Kier molecular flexibility index (Phi) is 7.80. The fraction of sp³-hybridized carbons (Fsp3) is 0.240. The third kappa shape index (κ3) is 5.38. The first-order valence-electron chi connectivity index (χ1n) is 10.8. The molecule has 1 heterocycles. The average molecular weight is 583 g/mol. The molecule has 1 atom stereocenters. The van der Waals surface area contributed by atoms with Gasteiger partial charge in [-0.25, -0.2) is 12.8 Å². The lowest BCUT2D eigenvalue weighted by atomic mass is 9.96. The number of benzene rings is 3. The van der Waals surface area contributed by atoms with Gasteiger partial charge in [-0.3, -0.25) is 4.79 Å². The van der Waals surface area contributed by atoms with Crippen LogP contribution in [-0.4, -0.2) is 31.3 Å². The number of halogens is 3. The van der Waals surface area contributed by atoms with Crippen molar-refractivity contribution in [2.24, 2.45) is 0 Å². The Morgan fingerprint density at radius 1 is 1.14 bits per heavy atom. The highest BCUT2D eigenvalue weighted by molar-refractivity contribution is 9.10. The molecule has 0 fully saturated rings. The van der Waals surface area contributed by atoms with Gasteiger partial charge in [-0.05, 0) is 48.4 Å². The summed E-state index contributed by atoms with van der Waals surface area (Å²) in [6.45, 7) is 1.57. The highest BCUT2D eigenvalue weighted by atomic mass is 79.9. The molecular weight excluding hydrogens is 561 g/mol. The Hall–Kier alpha value is -2.46. The molecule has 3 aromatic rings. The van der Waals surface area contributed by atoms with Crippen molar-refractivity contribution in [2.75, 3.05) is 6.61 Å². The number of rotatable bonds is 7. The van der Waals surface area contributed by atoms with E-state index < -0.39 is 34.5 Å². The van der Waals surface area contributed by atoms with Gasteiger partial charge in [0.25, 0.3) is 0 Å². The minimum atomic E-state index is -4.20. The second kappa shape index (κ2) is 10.7. The van der Waals surface area contributed by atoms with Crippen molar-refractivity contribution in [3.63, 3.8) is 0 Å². The maximum absolute atomic E-state index is 14.2. The lowest BCUT2D eigenvalue weighted by Gasteiger charge is -2.34. The van der Waals surface area contributed by atoms with Crippen LogP contribution in [0.3, 0.4) is 0 Å². The summed E-state index contributed by atoms with van der Waals surface area (Å²) >= 11 is 9.37. The third-order valence-corrected chi connectivity index (χ3v) is 8.41. The van der Waals surface area contributed by atoms with Crippen LogP contribution in [0.15, 0.2) is 70.0 Å². The smallest absolute Gasteiger partial charge is 0.325 e. The van der Waals surface area contributed by atoms with Crippen LogP contribution in [0.25, 0.3) is 0 Å². The van der Waals surface area contributed by atoms with Crippen LogP contribution < -0.4 is 4.74 Å². The molecule has 0 spiro atoms. The summed E-state index contributed by atoms with van der Waals surface area (Å²) in [6, 6.07) is 15.0. The van der Waals surface area contributed by atoms with Crippen molar-refractivity contribution in [3.8, 4) is 5.75 Å². The molecule has 0 radical (unpaired) electrons. The largest absolute Gasteiger partial charge is 0.492 e. The molecule has 0 aromatic heterocycles. The van der Waals surface area contributed by atoms with Crippen LogP contribution in [-0.2, 0) is 39.1 Å². The van der Waals surface area contributed by atoms with Gasteiger partial charge in [0.05, 0.1) is 11.6 Å². The molecule has 6 nitrogen and oxygen atoms in total. The highest BCUT2D eigenvalue weighted by Gasteiger charge is 2.41. The topological polar surface area (TPSA) is 72.9 Å². The molecule has 1 aliphatic heterocycles. The van der Waals surface area contributed by atoms with E-state index in [-0.39, 0.29) is 40.8 Å². The quantitative estimate of drug-likeness (QED) is 0.344. The Labute approximate surface area is 216 Å². The van der Waals surface area contributed by atoms with E-state index in [1.165, 1.54) is 24.3 Å². The SMILES string of the molecule is CCOc1ccc(Br)cc1S(=O)(=O)N1Cc2ccccc2C[C@H]1C(=O)OCc1c(F)cccc1Cl. The summed E-state index contributed by atoms with van der Waals surface area (Å²) in [7, 11) is -4.20. The van der Waals surface area contributed by atoms with E-state index in [1.807, 2.05) is 24.3 Å². The number of sulfonamides is 1. The van der Waals surface area contributed by atoms with Crippen molar-refractivity contribution in [1.82, 2.24) is 4.31 Å². The van der Waals surface area contributed by atoms with Crippen LogP contribution >= 0.6 is 27.5 Å². The fourth-order valence-corrected chi connectivity index (χ4v) is 6.39. The van der Waals surface area contributed by atoms with Gasteiger partial charge < -0.3 is 9.47 Å². The normalized spacial score (nSPS) is 15.9. The van der Waals surface area contributed by atoms with Crippen LogP contribution in [0.1, 0.15) is 23.6 Å². The molecule has 0 amide bonds. The van der Waals surface area contributed by atoms with Gasteiger partial charge in [0.2, 0.25) is 10.0 Å². The molecule has 35 heavy (non-hydrogen) atoms. The van der Waals surface area contributed by atoms with Crippen LogP contribution in [0.5, 0.6) is 5.75 Å². The van der Waals surface area contributed by atoms with Gasteiger partial charge in [-0.2, -0.15) is 4.31 Å².